The van der Waals surface area contributed by atoms with Gasteiger partial charge in [-0.05, 0) is 30.7 Å². The van der Waals surface area contributed by atoms with Crippen LogP contribution in [0.5, 0.6) is 0 Å². The lowest BCUT2D eigenvalue weighted by Crippen LogP contribution is -2.48. The molecule has 12 heteroatoms. The SMILES string of the molecule is O=C(NCC(O)C(F)(F)F)c1ccc2c(n1)N(C(=O)Nc1ccccn1)[C@H]1CCN2C1. The Hall–Kier alpha value is -3.41. The van der Waals surface area contributed by atoms with Crippen molar-refractivity contribution >= 4 is 29.3 Å². The quantitative estimate of drug-likeness (QED) is 0.674. The molecule has 0 aromatic carbocycles. The van der Waals surface area contributed by atoms with Crippen LogP contribution in [0.4, 0.5) is 35.3 Å². The van der Waals surface area contributed by atoms with E-state index >= 15 is 0 Å². The van der Waals surface area contributed by atoms with E-state index < -0.39 is 30.8 Å². The van der Waals surface area contributed by atoms with Gasteiger partial charge in [0.2, 0.25) is 0 Å². The van der Waals surface area contributed by atoms with Gasteiger partial charge in [0.15, 0.2) is 11.9 Å². The predicted molar refractivity (Wildman–Crippen MR) is 105 cm³/mol. The summed E-state index contributed by atoms with van der Waals surface area (Å²) in [7, 11) is 0. The van der Waals surface area contributed by atoms with E-state index in [1.165, 1.54) is 17.2 Å². The zero-order chi connectivity index (χ0) is 22.2. The number of rotatable bonds is 4. The van der Waals surface area contributed by atoms with Crippen LogP contribution >= 0.6 is 0 Å². The van der Waals surface area contributed by atoms with E-state index in [4.69, 9.17) is 5.11 Å². The molecule has 0 saturated carbocycles. The lowest BCUT2D eigenvalue weighted by atomic mass is 10.1. The second kappa shape index (κ2) is 8.02. The molecular weight excluding hydrogens is 417 g/mol. The number of amides is 3. The monoisotopic (exact) mass is 436 g/mol. The van der Waals surface area contributed by atoms with E-state index in [-0.39, 0.29) is 17.6 Å². The molecule has 2 aliphatic heterocycles. The third kappa shape index (κ3) is 4.24. The van der Waals surface area contributed by atoms with Crippen LogP contribution in [-0.4, -0.2) is 65.0 Å². The number of hydrogen-bond acceptors (Lipinski definition) is 6. The molecule has 0 spiro atoms. The van der Waals surface area contributed by atoms with Gasteiger partial charge in [0, 0.05) is 19.3 Å². The lowest BCUT2D eigenvalue weighted by molar-refractivity contribution is -0.201. The zero-order valence-electron chi connectivity index (χ0n) is 16.1. The van der Waals surface area contributed by atoms with Crippen molar-refractivity contribution in [2.45, 2.75) is 24.7 Å². The number of carbonyl (C=O) groups is 2. The third-order valence-electron chi connectivity index (χ3n) is 5.14. The highest BCUT2D eigenvalue weighted by atomic mass is 19.4. The highest BCUT2D eigenvalue weighted by Gasteiger charge is 2.41. The first kappa shape index (κ1) is 20.8. The Bertz CT molecular complexity index is 988. The van der Waals surface area contributed by atoms with Crippen molar-refractivity contribution in [1.82, 2.24) is 15.3 Å². The number of alkyl halides is 3. The summed E-state index contributed by atoms with van der Waals surface area (Å²) in [6.45, 7) is 0.309. The van der Waals surface area contributed by atoms with Crippen molar-refractivity contribution in [3.63, 3.8) is 0 Å². The Morgan fingerprint density at radius 3 is 2.77 bits per heavy atom. The second-order valence-corrected chi connectivity index (χ2v) is 7.21. The normalized spacial score (nSPS) is 18.4. The van der Waals surface area contributed by atoms with E-state index in [2.05, 4.69) is 15.3 Å². The fraction of sp³-hybridized carbons (Fsp3) is 0.368. The number of hydrogen-bond donors (Lipinski definition) is 3. The summed E-state index contributed by atoms with van der Waals surface area (Å²) >= 11 is 0. The highest BCUT2D eigenvalue weighted by molar-refractivity contribution is 6.05. The molecule has 2 aliphatic rings. The van der Waals surface area contributed by atoms with Gasteiger partial charge in [0.1, 0.15) is 11.5 Å². The van der Waals surface area contributed by atoms with Crippen LogP contribution in [0.25, 0.3) is 0 Å². The van der Waals surface area contributed by atoms with E-state index in [9.17, 15) is 22.8 Å². The molecule has 9 nitrogen and oxygen atoms in total. The molecule has 0 radical (unpaired) electrons. The first-order valence-corrected chi connectivity index (χ1v) is 9.54. The molecule has 31 heavy (non-hydrogen) atoms. The molecule has 3 amide bonds. The molecule has 4 rings (SSSR count). The number of anilines is 3. The smallest absolute Gasteiger partial charge is 0.382 e. The van der Waals surface area contributed by atoms with Crippen molar-refractivity contribution in [2.75, 3.05) is 34.8 Å². The van der Waals surface area contributed by atoms with Crippen LogP contribution in [0, 0.1) is 0 Å². The maximum absolute atomic E-state index is 13.0. The van der Waals surface area contributed by atoms with Crippen molar-refractivity contribution in [2.24, 2.45) is 0 Å². The van der Waals surface area contributed by atoms with Crippen LogP contribution in [0.1, 0.15) is 16.9 Å². The molecule has 2 aromatic heterocycles. The van der Waals surface area contributed by atoms with Gasteiger partial charge in [-0.1, -0.05) is 6.07 Å². The van der Waals surface area contributed by atoms with Crippen LogP contribution in [0.3, 0.4) is 0 Å². The van der Waals surface area contributed by atoms with Gasteiger partial charge in [0.05, 0.1) is 18.3 Å². The number of nitrogens with one attached hydrogen (secondary N) is 2. The minimum absolute atomic E-state index is 0.161. The van der Waals surface area contributed by atoms with Gasteiger partial charge in [-0.25, -0.2) is 14.8 Å². The lowest BCUT2D eigenvalue weighted by Gasteiger charge is -2.35. The Morgan fingerprint density at radius 1 is 1.26 bits per heavy atom. The van der Waals surface area contributed by atoms with Crippen molar-refractivity contribution in [3.8, 4) is 0 Å². The molecule has 1 saturated heterocycles. The summed E-state index contributed by atoms with van der Waals surface area (Å²) in [5, 5.41) is 13.8. The van der Waals surface area contributed by atoms with E-state index in [0.717, 1.165) is 0 Å². The average Bonchev–Trinajstić information content (AvgIpc) is 3.15. The number of aromatic nitrogens is 2. The third-order valence-corrected chi connectivity index (χ3v) is 5.14. The molecule has 164 valence electrons. The molecular formula is C19H19F3N6O3. The average molecular weight is 436 g/mol. The number of aliphatic hydroxyl groups excluding tert-OH is 1. The van der Waals surface area contributed by atoms with Gasteiger partial charge in [0.25, 0.3) is 5.91 Å². The van der Waals surface area contributed by atoms with Gasteiger partial charge < -0.3 is 15.3 Å². The molecule has 2 atom stereocenters. The summed E-state index contributed by atoms with van der Waals surface area (Å²) in [6.07, 6.45) is -5.29. The predicted octanol–water partition coefficient (Wildman–Crippen LogP) is 1.76. The van der Waals surface area contributed by atoms with Gasteiger partial charge in [-0.15, -0.1) is 0 Å². The molecule has 1 unspecified atom stereocenters. The molecule has 3 N–H and O–H groups in total. The number of carbonyl (C=O) groups excluding carboxylic acids is 2. The Labute approximate surface area is 174 Å². The minimum Gasteiger partial charge on any atom is -0.382 e. The number of nitrogens with zero attached hydrogens (tertiary/aromatic N) is 4. The summed E-state index contributed by atoms with van der Waals surface area (Å²) in [5.41, 5.74) is 0.489. The van der Waals surface area contributed by atoms with E-state index in [1.807, 2.05) is 10.2 Å². The van der Waals surface area contributed by atoms with Crippen molar-refractivity contribution < 1.29 is 27.9 Å². The van der Waals surface area contributed by atoms with Crippen LogP contribution in [0.15, 0.2) is 36.5 Å². The maximum Gasteiger partial charge on any atom is 0.416 e. The minimum atomic E-state index is -4.84. The van der Waals surface area contributed by atoms with Crippen molar-refractivity contribution in [1.29, 1.82) is 0 Å². The summed E-state index contributed by atoms with van der Waals surface area (Å²) in [5.74, 6) is -0.292. The maximum atomic E-state index is 13.0. The summed E-state index contributed by atoms with van der Waals surface area (Å²) in [6, 6.07) is 7.41. The largest absolute Gasteiger partial charge is 0.416 e. The number of aliphatic hydroxyl groups is 1. The van der Waals surface area contributed by atoms with Gasteiger partial charge in [-0.3, -0.25) is 15.0 Å². The van der Waals surface area contributed by atoms with Crippen LogP contribution in [-0.2, 0) is 0 Å². The number of halogens is 3. The molecule has 2 aromatic rings. The fourth-order valence-corrected chi connectivity index (χ4v) is 3.60. The van der Waals surface area contributed by atoms with Crippen LogP contribution in [0.2, 0.25) is 0 Å². The molecule has 4 heterocycles. The summed E-state index contributed by atoms with van der Waals surface area (Å²) < 4.78 is 37.4. The molecule has 1 fully saturated rings. The van der Waals surface area contributed by atoms with E-state index in [1.54, 1.807) is 24.3 Å². The molecule has 0 aliphatic carbocycles. The second-order valence-electron chi connectivity index (χ2n) is 7.21. The fourth-order valence-electron chi connectivity index (χ4n) is 3.60. The van der Waals surface area contributed by atoms with Gasteiger partial charge in [-0.2, -0.15) is 13.2 Å². The Kier molecular flexibility index (Phi) is 5.39. The first-order valence-electron chi connectivity index (χ1n) is 9.54. The number of pyridine rings is 2. The topological polar surface area (TPSA) is 111 Å². The zero-order valence-corrected chi connectivity index (χ0v) is 16.1. The molecule has 2 bridgehead atoms. The standard InChI is InChI=1S/C19H19F3N6O3/c20-19(21,22)14(29)9-24-17(30)12-4-5-13-16(25-12)28(11-6-8-27(13)10-11)18(31)26-15-3-1-2-7-23-15/h1-5,7,11,14,29H,6,8-10H2,(H,24,30)(H,23,26,31)/t11-,14?/m0/s1. The van der Waals surface area contributed by atoms with Gasteiger partial charge >= 0.3 is 12.2 Å². The Balaban J connectivity index is 1.57. The number of urea groups is 1. The van der Waals surface area contributed by atoms with Crippen LogP contribution < -0.4 is 20.4 Å². The highest BCUT2D eigenvalue weighted by Crippen LogP contribution is 2.39. The first-order chi connectivity index (χ1) is 14.7. The number of fused-ring (bicyclic) bond motifs is 4. The van der Waals surface area contributed by atoms with Crippen molar-refractivity contribution in [3.05, 3.63) is 42.2 Å². The summed E-state index contributed by atoms with van der Waals surface area (Å²) in [4.78, 5) is 37.1. The Morgan fingerprint density at radius 2 is 2.06 bits per heavy atom. The van der Waals surface area contributed by atoms with E-state index in [0.29, 0.717) is 31.0 Å².